The topological polar surface area (TPSA) is 68.0 Å². The summed E-state index contributed by atoms with van der Waals surface area (Å²) in [6, 6.07) is 11.2. The van der Waals surface area contributed by atoms with Crippen LogP contribution in [0.1, 0.15) is 40.0 Å². The van der Waals surface area contributed by atoms with Crippen LogP contribution in [-0.2, 0) is 4.79 Å². The molecule has 5 heteroatoms. The lowest BCUT2D eigenvalue weighted by Gasteiger charge is -2.36. The van der Waals surface area contributed by atoms with E-state index in [-0.39, 0.29) is 11.8 Å². The quantitative estimate of drug-likeness (QED) is 0.648. The average molecular weight is 377 g/mol. The maximum absolute atomic E-state index is 13.0. The summed E-state index contributed by atoms with van der Waals surface area (Å²) < 4.78 is 5.81. The minimum absolute atomic E-state index is 0.0702. The third-order valence-corrected chi connectivity index (χ3v) is 5.90. The Morgan fingerprint density at radius 1 is 1.21 bits per heavy atom. The summed E-state index contributed by atoms with van der Waals surface area (Å²) in [5, 5.41) is 3.12. The molecule has 146 valence electrons. The van der Waals surface area contributed by atoms with E-state index in [1.54, 1.807) is 6.20 Å². The highest BCUT2D eigenvalue weighted by atomic mass is 16.3. The third kappa shape index (κ3) is 3.79. The monoisotopic (exact) mass is 377 g/mol. The zero-order valence-corrected chi connectivity index (χ0v) is 16.7. The summed E-state index contributed by atoms with van der Waals surface area (Å²) in [6.07, 6.45) is 5.03. The zero-order valence-electron chi connectivity index (χ0n) is 16.7. The second-order valence-corrected chi connectivity index (χ2v) is 8.34. The van der Waals surface area contributed by atoms with Crippen LogP contribution in [0.25, 0.3) is 22.7 Å². The molecule has 1 aliphatic carbocycles. The Hall–Kier alpha value is -2.69. The molecule has 0 spiro atoms. The first-order chi connectivity index (χ1) is 13.5. The van der Waals surface area contributed by atoms with Gasteiger partial charge in [-0.2, -0.15) is 0 Å². The molecular weight excluding hydrogens is 350 g/mol. The second kappa shape index (κ2) is 7.74. The van der Waals surface area contributed by atoms with E-state index < -0.39 is 0 Å². The molecule has 5 nitrogen and oxygen atoms in total. The first kappa shape index (κ1) is 18.7. The van der Waals surface area contributed by atoms with Gasteiger partial charge < -0.3 is 9.73 Å². The van der Waals surface area contributed by atoms with Crippen molar-refractivity contribution in [3.05, 3.63) is 42.6 Å². The lowest BCUT2D eigenvalue weighted by atomic mass is 9.70. The normalized spacial score (nSPS) is 22.5. The van der Waals surface area contributed by atoms with Crippen LogP contribution < -0.4 is 5.32 Å². The van der Waals surface area contributed by atoms with Crippen molar-refractivity contribution in [2.45, 2.75) is 40.0 Å². The molecular formula is C23H27N3O2. The number of benzene rings is 1. The smallest absolute Gasteiger partial charge is 0.246 e. The van der Waals surface area contributed by atoms with Gasteiger partial charge in [-0.1, -0.05) is 33.3 Å². The molecule has 1 N–H and O–H groups in total. The molecule has 3 aromatic rings. The second-order valence-electron chi connectivity index (χ2n) is 8.34. The van der Waals surface area contributed by atoms with Gasteiger partial charge in [0.25, 0.3) is 0 Å². The van der Waals surface area contributed by atoms with Crippen LogP contribution in [-0.4, -0.2) is 15.9 Å². The van der Waals surface area contributed by atoms with Gasteiger partial charge in [0.1, 0.15) is 11.2 Å². The minimum Gasteiger partial charge on any atom is -0.435 e. The van der Waals surface area contributed by atoms with Gasteiger partial charge in [0.15, 0.2) is 5.58 Å². The van der Waals surface area contributed by atoms with Crippen molar-refractivity contribution in [1.82, 2.24) is 9.97 Å². The summed E-state index contributed by atoms with van der Waals surface area (Å²) in [7, 11) is 0. The van der Waals surface area contributed by atoms with Gasteiger partial charge in [0.2, 0.25) is 11.8 Å². The van der Waals surface area contributed by atoms with E-state index in [9.17, 15) is 4.79 Å². The van der Waals surface area contributed by atoms with Gasteiger partial charge in [0, 0.05) is 17.8 Å². The number of fused-ring (bicyclic) bond motifs is 1. The van der Waals surface area contributed by atoms with Crippen molar-refractivity contribution in [2.75, 3.05) is 5.32 Å². The Labute approximate surface area is 165 Å². The number of oxazole rings is 1. The summed E-state index contributed by atoms with van der Waals surface area (Å²) in [6.45, 7) is 6.69. The number of aromatic nitrogens is 2. The summed E-state index contributed by atoms with van der Waals surface area (Å²) in [5.41, 5.74) is 2.86. The summed E-state index contributed by atoms with van der Waals surface area (Å²) in [5.74, 6) is 2.24. The Kier molecular flexibility index (Phi) is 5.16. The average Bonchev–Trinajstić information content (AvgIpc) is 3.11. The summed E-state index contributed by atoms with van der Waals surface area (Å²) in [4.78, 5) is 21.8. The van der Waals surface area contributed by atoms with E-state index >= 15 is 0 Å². The first-order valence-corrected chi connectivity index (χ1v) is 10.1. The standard InChI is InChI=1S/C23H27N3O2/c1-14(2)17-9-7-15(3)12-18(17)22(27)25-16-8-10-21-20(13-16)26-23(28-21)19-6-4-5-11-24-19/h4-6,8,10-11,13-15,17-18H,7,9,12H2,1-3H3,(H,25,27)/t15-,17+,18-/m1/s1. The van der Waals surface area contributed by atoms with Crippen molar-refractivity contribution >= 4 is 22.7 Å². The van der Waals surface area contributed by atoms with E-state index in [0.717, 1.165) is 24.0 Å². The number of amides is 1. The van der Waals surface area contributed by atoms with Crippen LogP contribution in [0.2, 0.25) is 0 Å². The van der Waals surface area contributed by atoms with Gasteiger partial charge >= 0.3 is 0 Å². The molecule has 1 amide bonds. The SMILES string of the molecule is CC(C)[C@@H]1CC[C@@H](C)C[C@H]1C(=O)Nc1ccc2oc(-c3ccccn3)nc2c1. The highest BCUT2D eigenvalue weighted by Crippen LogP contribution is 2.38. The molecule has 1 fully saturated rings. The van der Waals surface area contributed by atoms with Crippen molar-refractivity contribution in [3.63, 3.8) is 0 Å². The number of nitrogens with one attached hydrogen (secondary N) is 1. The lowest BCUT2D eigenvalue weighted by Crippen LogP contribution is -2.36. The van der Waals surface area contributed by atoms with Crippen LogP contribution >= 0.6 is 0 Å². The van der Waals surface area contributed by atoms with Gasteiger partial charge in [-0.3, -0.25) is 9.78 Å². The van der Waals surface area contributed by atoms with Gasteiger partial charge in [-0.15, -0.1) is 0 Å². The van der Waals surface area contributed by atoms with Crippen LogP contribution in [0.3, 0.4) is 0 Å². The van der Waals surface area contributed by atoms with Gasteiger partial charge in [0.05, 0.1) is 0 Å². The number of rotatable bonds is 4. The van der Waals surface area contributed by atoms with Crippen LogP contribution in [0.15, 0.2) is 47.0 Å². The van der Waals surface area contributed by atoms with Crippen molar-refractivity contribution < 1.29 is 9.21 Å². The fourth-order valence-electron chi connectivity index (χ4n) is 4.34. The molecule has 2 heterocycles. The van der Waals surface area contributed by atoms with Crippen molar-refractivity contribution in [3.8, 4) is 11.6 Å². The maximum Gasteiger partial charge on any atom is 0.246 e. The Balaban J connectivity index is 1.55. The first-order valence-electron chi connectivity index (χ1n) is 10.1. The lowest BCUT2D eigenvalue weighted by molar-refractivity contribution is -0.123. The number of nitrogens with zero attached hydrogens (tertiary/aromatic N) is 2. The molecule has 0 bridgehead atoms. The fraction of sp³-hybridized carbons (Fsp3) is 0.435. The molecule has 4 rings (SSSR count). The summed E-state index contributed by atoms with van der Waals surface area (Å²) >= 11 is 0. The van der Waals surface area contributed by atoms with E-state index in [0.29, 0.717) is 34.9 Å². The molecule has 0 aliphatic heterocycles. The molecule has 2 aromatic heterocycles. The highest BCUT2D eigenvalue weighted by molar-refractivity contribution is 5.94. The zero-order chi connectivity index (χ0) is 19.7. The number of carbonyl (C=O) groups excluding carboxylic acids is 1. The fourth-order valence-corrected chi connectivity index (χ4v) is 4.34. The van der Waals surface area contributed by atoms with E-state index in [4.69, 9.17) is 4.42 Å². The number of carbonyl (C=O) groups is 1. The third-order valence-electron chi connectivity index (χ3n) is 5.90. The van der Waals surface area contributed by atoms with E-state index in [1.165, 1.54) is 6.42 Å². The molecule has 0 radical (unpaired) electrons. The van der Waals surface area contributed by atoms with Gasteiger partial charge in [-0.25, -0.2) is 4.98 Å². The van der Waals surface area contributed by atoms with Gasteiger partial charge in [-0.05, 0) is 60.9 Å². The Bertz CT molecular complexity index is 964. The van der Waals surface area contributed by atoms with E-state index in [1.807, 2.05) is 36.4 Å². The predicted octanol–water partition coefficient (Wildman–Crippen LogP) is 5.54. The molecule has 1 aromatic carbocycles. The molecule has 0 saturated heterocycles. The molecule has 3 atom stereocenters. The number of anilines is 1. The Morgan fingerprint density at radius 2 is 2.07 bits per heavy atom. The molecule has 28 heavy (non-hydrogen) atoms. The molecule has 0 unspecified atom stereocenters. The Morgan fingerprint density at radius 3 is 2.82 bits per heavy atom. The number of hydrogen-bond donors (Lipinski definition) is 1. The van der Waals surface area contributed by atoms with Crippen LogP contribution in [0.5, 0.6) is 0 Å². The highest BCUT2D eigenvalue weighted by Gasteiger charge is 2.35. The van der Waals surface area contributed by atoms with Crippen LogP contribution in [0.4, 0.5) is 5.69 Å². The predicted molar refractivity (Wildman–Crippen MR) is 111 cm³/mol. The van der Waals surface area contributed by atoms with Crippen molar-refractivity contribution in [2.24, 2.45) is 23.7 Å². The van der Waals surface area contributed by atoms with Crippen LogP contribution in [0, 0.1) is 23.7 Å². The number of pyridine rings is 1. The molecule has 1 aliphatic rings. The minimum atomic E-state index is 0.0702. The molecule has 1 saturated carbocycles. The largest absolute Gasteiger partial charge is 0.435 e. The maximum atomic E-state index is 13.0. The van der Waals surface area contributed by atoms with Crippen molar-refractivity contribution in [1.29, 1.82) is 0 Å². The number of hydrogen-bond acceptors (Lipinski definition) is 4. The van der Waals surface area contributed by atoms with E-state index in [2.05, 4.69) is 36.1 Å².